The zero-order valence-corrected chi connectivity index (χ0v) is 9.79. The largest absolute Gasteiger partial charge is 0.494 e. The molecule has 1 atom stereocenters. The fourth-order valence-electron chi connectivity index (χ4n) is 1.64. The Morgan fingerprint density at radius 1 is 1.56 bits per heavy atom. The predicted octanol–water partition coefficient (Wildman–Crippen LogP) is 3.06. The maximum atomic E-state index is 13.2. The van der Waals surface area contributed by atoms with Crippen LogP contribution in [0.25, 0.3) is 0 Å². The molecule has 16 heavy (non-hydrogen) atoms. The summed E-state index contributed by atoms with van der Waals surface area (Å²) in [4.78, 5) is 0. The van der Waals surface area contributed by atoms with Crippen molar-refractivity contribution in [2.24, 2.45) is 0 Å². The van der Waals surface area contributed by atoms with Crippen molar-refractivity contribution in [2.45, 2.75) is 19.4 Å². The second-order valence-electron chi connectivity index (χ2n) is 3.53. The van der Waals surface area contributed by atoms with Crippen molar-refractivity contribution in [3.05, 3.63) is 42.2 Å². The zero-order valence-electron chi connectivity index (χ0n) is 9.79. The van der Waals surface area contributed by atoms with E-state index in [0.29, 0.717) is 0 Å². The van der Waals surface area contributed by atoms with Crippen LogP contribution < -0.4 is 10.1 Å². The number of hydrogen-bond acceptors (Lipinski definition) is 2. The zero-order chi connectivity index (χ0) is 12.0. The van der Waals surface area contributed by atoms with Gasteiger partial charge in [0, 0.05) is 6.04 Å². The Morgan fingerprint density at radius 2 is 2.31 bits per heavy atom. The van der Waals surface area contributed by atoms with Gasteiger partial charge in [0.2, 0.25) is 0 Å². The number of nitrogens with one attached hydrogen (secondary N) is 1. The van der Waals surface area contributed by atoms with Gasteiger partial charge < -0.3 is 10.1 Å². The minimum atomic E-state index is -0.333. The Hall–Kier alpha value is -1.35. The van der Waals surface area contributed by atoms with Gasteiger partial charge in [-0.25, -0.2) is 4.39 Å². The van der Waals surface area contributed by atoms with Gasteiger partial charge in [0.05, 0.1) is 7.11 Å². The molecule has 0 saturated heterocycles. The highest BCUT2D eigenvalue weighted by Crippen LogP contribution is 2.24. The molecular formula is C13H18FNO. The Morgan fingerprint density at radius 3 is 2.88 bits per heavy atom. The number of halogens is 1. The van der Waals surface area contributed by atoms with E-state index in [2.05, 4.69) is 11.9 Å². The van der Waals surface area contributed by atoms with E-state index in [9.17, 15) is 4.39 Å². The molecule has 0 bridgehead atoms. The van der Waals surface area contributed by atoms with E-state index < -0.39 is 0 Å². The third-order valence-corrected chi connectivity index (χ3v) is 2.43. The van der Waals surface area contributed by atoms with Crippen LogP contribution in [0.5, 0.6) is 5.75 Å². The van der Waals surface area contributed by atoms with E-state index in [1.54, 1.807) is 12.1 Å². The summed E-state index contributed by atoms with van der Waals surface area (Å²) in [6.45, 7) is 6.62. The highest BCUT2D eigenvalue weighted by Gasteiger charge is 2.11. The summed E-state index contributed by atoms with van der Waals surface area (Å²) in [7, 11) is 1.47. The van der Waals surface area contributed by atoms with Gasteiger partial charge in [-0.3, -0.25) is 0 Å². The fraction of sp³-hybridized carbons (Fsp3) is 0.385. The van der Waals surface area contributed by atoms with E-state index in [0.717, 1.165) is 18.5 Å². The van der Waals surface area contributed by atoms with E-state index in [4.69, 9.17) is 4.74 Å². The predicted molar refractivity (Wildman–Crippen MR) is 64.2 cm³/mol. The molecule has 1 aromatic carbocycles. The van der Waals surface area contributed by atoms with Crippen molar-refractivity contribution in [3.63, 3.8) is 0 Å². The standard InChI is InChI=1S/C13H18FNO/c1-4-6-12(15-5-2)10-7-8-11(14)13(9-10)16-3/h4,7-9,12,15H,1,5-6H2,2-3H3. The van der Waals surface area contributed by atoms with Crippen LogP contribution >= 0.6 is 0 Å². The molecule has 0 heterocycles. The lowest BCUT2D eigenvalue weighted by Crippen LogP contribution is -2.20. The molecular weight excluding hydrogens is 205 g/mol. The molecule has 0 aromatic heterocycles. The first-order valence-electron chi connectivity index (χ1n) is 5.40. The van der Waals surface area contributed by atoms with Crippen LogP contribution in [0.4, 0.5) is 4.39 Å². The van der Waals surface area contributed by atoms with Crippen LogP contribution in [0.2, 0.25) is 0 Å². The second kappa shape index (κ2) is 6.28. The number of ether oxygens (including phenoxy) is 1. The molecule has 0 amide bonds. The lowest BCUT2D eigenvalue weighted by Gasteiger charge is -2.17. The van der Waals surface area contributed by atoms with Gasteiger partial charge in [-0.15, -0.1) is 6.58 Å². The van der Waals surface area contributed by atoms with Crippen LogP contribution in [0.15, 0.2) is 30.9 Å². The van der Waals surface area contributed by atoms with Crippen molar-refractivity contribution in [3.8, 4) is 5.75 Å². The van der Waals surface area contributed by atoms with Gasteiger partial charge in [-0.05, 0) is 30.7 Å². The molecule has 0 fully saturated rings. The molecule has 1 aromatic rings. The lowest BCUT2D eigenvalue weighted by molar-refractivity contribution is 0.384. The second-order valence-corrected chi connectivity index (χ2v) is 3.53. The van der Waals surface area contributed by atoms with Crippen molar-refractivity contribution < 1.29 is 9.13 Å². The Balaban J connectivity index is 2.94. The normalized spacial score (nSPS) is 12.2. The SMILES string of the molecule is C=CCC(NCC)c1ccc(F)c(OC)c1. The van der Waals surface area contributed by atoms with Crippen LogP contribution in [0.3, 0.4) is 0 Å². The lowest BCUT2D eigenvalue weighted by atomic mass is 10.0. The summed E-state index contributed by atoms with van der Waals surface area (Å²) in [6.07, 6.45) is 2.66. The van der Waals surface area contributed by atoms with Gasteiger partial charge in [-0.1, -0.05) is 19.1 Å². The van der Waals surface area contributed by atoms with E-state index in [1.165, 1.54) is 13.2 Å². The highest BCUT2D eigenvalue weighted by atomic mass is 19.1. The average molecular weight is 223 g/mol. The molecule has 0 spiro atoms. The molecule has 0 aliphatic rings. The first-order valence-corrected chi connectivity index (χ1v) is 5.40. The van der Waals surface area contributed by atoms with Gasteiger partial charge >= 0.3 is 0 Å². The minimum absolute atomic E-state index is 0.164. The van der Waals surface area contributed by atoms with Crippen LogP contribution in [-0.4, -0.2) is 13.7 Å². The molecule has 88 valence electrons. The summed E-state index contributed by atoms with van der Waals surface area (Å²) in [5.74, 6) is -0.0513. The van der Waals surface area contributed by atoms with Crippen molar-refractivity contribution in [1.29, 1.82) is 0 Å². The topological polar surface area (TPSA) is 21.3 Å². The number of rotatable bonds is 6. The van der Waals surface area contributed by atoms with Crippen LogP contribution in [0.1, 0.15) is 24.9 Å². The Kier molecular flexibility index (Phi) is 4.99. The third kappa shape index (κ3) is 3.07. The molecule has 2 nitrogen and oxygen atoms in total. The van der Waals surface area contributed by atoms with Crippen LogP contribution in [0, 0.1) is 5.82 Å². The minimum Gasteiger partial charge on any atom is -0.494 e. The summed E-state index contributed by atoms with van der Waals surface area (Å²) in [5, 5.41) is 3.32. The molecule has 0 aliphatic heterocycles. The molecule has 3 heteroatoms. The molecule has 1 N–H and O–H groups in total. The number of methoxy groups -OCH3 is 1. The fourth-order valence-corrected chi connectivity index (χ4v) is 1.64. The molecule has 0 aliphatic carbocycles. The first-order chi connectivity index (χ1) is 7.72. The number of hydrogen-bond donors (Lipinski definition) is 1. The van der Waals surface area contributed by atoms with Crippen molar-refractivity contribution in [2.75, 3.05) is 13.7 Å². The maximum Gasteiger partial charge on any atom is 0.165 e. The van der Waals surface area contributed by atoms with E-state index in [-0.39, 0.29) is 17.6 Å². The van der Waals surface area contributed by atoms with E-state index >= 15 is 0 Å². The molecule has 0 radical (unpaired) electrons. The van der Waals surface area contributed by atoms with Crippen molar-refractivity contribution >= 4 is 0 Å². The van der Waals surface area contributed by atoms with Gasteiger partial charge in [0.1, 0.15) is 0 Å². The maximum absolute atomic E-state index is 13.2. The Labute approximate surface area is 96.1 Å². The van der Waals surface area contributed by atoms with Gasteiger partial charge in [-0.2, -0.15) is 0 Å². The summed E-state index contributed by atoms with van der Waals surface area (Å²) in [5.41, 5.74) is 1.01. The summed E-state index contributed by atoms with van der Waals surface area (Å²) >= 11 is 0. The van der Waals surface area contributed by atoms with Gasteiger partial charge in [0.25, 0.3) is 0 Å². The Bertz CT molecular complexity index is 352. The quantitative estimate of drug-likeness (QED) is 0.748. The van der Waals surface area contributed by atoms with Crippen LogP contribution in [-0.2, 0) is 0 Å². The number of benzene rings is 1. The molecule has 1 unspecified atom stereocenters. The molecule has 0 saturated carbocycles. The van der Waals surface area contributed by atoms with Crippen molar-refractivity contribution in [1.82, 2.24) is 5.32 Å². The molecule has 1 rings (SSSR count). The van der Waals surface area contributed by atoms with E-state index in [1.807, 2.05) is 13.0 Å². The monoisotopic (exact) mass is 223 g/mol. The summed E-state index contributed by atoms with van der Waals surface area (Å²) in [6, 6.07) is 5.10. The summed E-state index contributed by atoms with van der Waals surface area (Å²) < 4.78 is 18.2. The average Bonchev–Trinajstić information content (AvgIpc) is 2.29. The highest BCUT2D eigenvalue weighted by molar-refractivity contribution is 5.32. The first kappa shape index (κ1) is 12.7. The third-order valence-electron chi connectivity index (χ3n) is 2.43. The smallest absolute Gasteiger partial charge is 0.165 e. The van der Waals surface area contributed by atoms with Gasteiger partial charge in [0.15, 0.2) is 11.6 Å².